The van der Waals surface area contributed by atoms with Crippen molar-refractivity contribution >= 4 is 29.0 Å². The number of ether oxygens (including phenoxy) is 1. The SMILES string of the molecule is COC(=O)c1ccc(C2CCN(c3ccc4nnc(Cl)n4n3)CC2)cc1. The van der Waals surface area contributed by atoms with E-state index < -0.39 is 0 Å². The molecule has 0 saturated carbocycles. The molecule has 0 unspecified atom stereocenters. The number of aromatic nitrogens is 4. The van der Waals surface area contributed by atoms with Crippen molar-refractivity contribution in [1.29, 1.82) is 0 Å². The summed E-state index contributed by atoms with van der Waals surface area (Å²) in [5.41, 5.74) is 2.47. The number of halogens is 1. The molecule has 8 heteroatoms. The summed E-state index contributed by atoms with van der Waals surface area (Å²) < 4.78 is 6.30. The van der Waals surface area contributed by atoms with Crippen LogP contribution >= 0.6 is 11.6 Å². The van der Waals surface area contributed by atoms with Gasteiger partial charge in [0.05, 0.1) is 12.7 Å². The third-order valence-electron chi connectivity index (χ3n) is 4.83. The highest BCUT2D eigenvalue weighted by molar-refractivity contribution is 6.28. The van der Waals surface area contributed by atoms with Crippen molar-refractivity contribution in [1.82, 2.24) is 19.8 Å². The van der Waals surface area contributed by atoms with Crippen LogP contribution in [0.15, 0.2) is 36.4 Å². The van der Waals surface area contributed by atoms with Crippen LogP contribution in [-0.2, 0) is 4.74 Å². The number of rotatable bonds is 3. The molecule has 0 N–H and O–H groups in total. The number of carbonyl (C=O) groups excluding carboxylic acids is 1. The van der Waals surface area contributed by atoms with Gasteiger partial charge in [0.2, 0.25) is 5.28 Å². The van der Waals surface area contributed by atoms with E-state index in [0.29, 0.717) is 17.1 Å². The summed E-state index contributed by atoms with van der Waals surface area (Å²) in [6.07, 6.45) is 2.04. The third kappa shape index (κ3) is 3.10. The van der Waals surface area contributed by atoms with Crippen molar-refractivity contribution in [2.45, 2.75) is 18.8 Å². The summed E-state index contributed by atoms with van der Waals surface area (Å²) in [7, 11) is 1.39. The molecule has 4 rings (SSSR count). The average Bonchev–Trinajstić information content (AvgIpc) is 3.08. The number of hydrogen-bond donors (Lipinski definition) is 0. The quantitative estimate of drug-likeness (QED) is 0.659. The molecule has 134 valence electrons. The first-order valence-corrected chi connectivity index (χ1v) is 8.84. The summed E-state index contributed by atoms with van der Waals surface area (Å²) in [6, 6.07) is 11.5. The normalized spacial score (nSPS) is 15.4. The maximum Gasteiger partial charge on any atom is 0.337 e. The van der Waals surface area contributed by atoms with Crippen LogP contribution in [0.1, 0.15) is 34.7 Å². The van der Waals surface area contributed by atoms with E-state index in [4.69, 9.17) is 16.3 Å². The smallest absolute Gasteiger partial charge is 0.337 e. The molecule has 0 bridgehead atoms. The first kappa shape index (κ1) is 16.8. The number of esters is 1. The van der Waals surface area contributed by atoms with Gasteiger partial charge in [-0.1, -0.05) is 12.1 Å². The van der Waals surface area contributed by atoms with Gasteiger partial charge < -0.3 is 9.64 Å². The number of benzene rings is 1. The molecule has 0 atom stereocenters. The number of piperidine rings is 1. The minimum Gasteiger partial charge on any atom is -0.465 e. The molecule has 3 heterocycles. The molecule has 1 aromatic carbocycles. The first-order valence-electron chi connectivity index (χ1n) is 8.47. The third-order valence-corrected chi connectivity index (χ3v) is 5.07. The Hall–Kier alpha value is -2.67. The number of carbonyl (C=O) groups is 1. The Morgan fingerprint density at radius 1 is 1.12 bits per heavy atom. The van der Waals surface area contributed by atoms with Crippen molar-refractivity contribution in [2.75, 3.05) is 25.1 Å². The fourth-order valence-corrected chi connectivity index (χ4v) is 3.53. The van der Waals surface area contributed by atoms with Crippen LogP contribution in [0.25, 0.3) is 5.65 Å². The molecule has 1 aliphatic rings. The molecule has 2 aromatic heterocycles. The van der Waals surface area contributed by atoms with Gasteiger partial charge in [-0.25, -0.2) is 4.79 Å². The van der Waals surface area contributed by atoms with Gasteiger partial charge in [-0.15, -0.1) is 15.3 Å². The zero-order valence-corrected chi connectivity index (χ0v) is 15.1. The van der Waals surface area contributed by atoms with E-state index in [0.717, 1.165) is 31.7 Å². The van der Waals surface area contributed by atoms with Crippen LogP contribution in [0.3, 0.4) is 0 Å². The van der Waals surface area contributed by atoms with Gasteiger partial charge in [-0.2, -0.15) is 4.52 Å². The van der Waals surface area contributed by atoms with Crippen molar-refractivity contribution < 1.29 is 9.53 Å². The van der Waals surface area contributed by atoms with Crippen molar-refractivity contribution in [2.24, 2.45) is 0 Å². The molecule has 0 amide bonds. The summed E-state index contributed by atoms with van der Waals surface area (Å²) >= 11 is 6.01. The fraction of sp³-hybridized carbons (Fsp3) is 0.333. The van der Waals surface area contributed by atoms with E-state index in [9.17, 15) is 4.79 Å². The minimum atomic E-state index is -0.305. The van der Waals surface area contributed by atoms with Gasteiger partial charge in [0.1, 0.15) is 5.82 Å². The molecule has 0 spiro atoms. The lowest BCUT2D eigenvalue weighted by Gasteiger charge is -2.33. The van der Waals surface area contributed by atoms with E-state index in [1.165, 1.54) is 12.7 Å². The number of anilines is 1. The van der Waals surface area contributed by atoms with Crippen LogP contribution < -0.4 is 4.90 Å². The summed E-state index contributed by atoms with van der Waals surface area (Å²) in [5, 5.41) is 12.6. The largest absolute Gasteiger partial charge is 0.465 e. The summed E-state index contributed by atoms with van der Waals surface area (Å²) in [5.74, 6) is 1.04. The average molecular weight is 372 g/mol. The van der Waals surface area contributed by atoms with Crippen LogP contribution in [0.5, 0.6) is 0 Å². The van der Waals surface area contributed by atoms with Crippen LogP contribution in [0.4, 0.5) is 5.82 Å². The number of hydrogen-bond acceptors (Lipinski definition) is 6. The molecule has 3 aromatic rings. The first-order chi connectivity index (χ1) is 12.7. The molecule has 0 radical (unpaired) electrons. The maximum atomic E-state index is 11.5. The predicted octanol–water partition coefficient (Wildman–Crippen LogP) is 2.95. The second-order valence-corrected chi connectivity index (χ2v) is 6.64. The Morgan fingerprint density at radius 3 is 2.54 bits per heavy atom. The van der Waals surface area contributed by atoms with E-state index in [2.05, 4.69) is 20.2 Å². The summed E-state index contributed by atoms with van der Waals surface area (Å²) in [6.45, 7) is 1.81. The van der Waals surface area contributed by atoms with Gasteiger partial charge in [0.15, 0.2) is 5.65 Å². The zero-order valence-electron chi connectivity index (χ0n) is 14.3. The van der Waals surface area contributed by atoms with Crippen LogP contribution in [-0.4, -0.2) is 46.0 Å². The highest BCUT2D eigenvalue weighted by Gasteiger charge is 2.22. The lowest BCUT2D eigenvalue weighted by molar-refractivity contribution is 0.0600. The predicted molar refractivity (Wildman–Crippen MR) is 97.8 cm³/mol. The zero-order chi connectivity index (χ0) is 18.1. The van der Waals surface area contributed by atoms with E-state index >= 15 is 0 Å². The minimum absolute atomic E-state index is 0.266. The number of fused-ring (bicyclic) bond motifs is 1. The number of nitrogens with zero attached hydrogens (tertiary/aromatic N) is 5. The Morgan fingerprint density at radius 2 is 1.85 bits per heavy atom. The topological polar surface area (TPSA) is 72.6 Å². The molecule has 7 nitrogen and oxygen atoms in total. The molecule has 1 saturated heterocycles. The van der Waals surface area contributed by atoms with Gasteiger partial charge in [-0.3, -0.25) is 0 Å². The van der Waals surface area contributed by atoms with Crippen molar-refractivity contribution in [3.8, 4) is 0 Å². The van der Waals surface area contributed by atoms with Crippen LogP contribution in [0, 0.1) is 0 Å². The van der Waals surface area contributed by atoms with E-state index in [1.807, 2.05) is 36.4 Å². The van der Waals surface area contributed by atoms with Crippen molar-refractivity contribution in [3.63, 3.8) is 0 Å². The molecular weight excluding hydrogens is 354 g/mol. The molecule has 26 heavy (non-hydrogen) atoms. The molecule has 1 fully saturated rings. The standard InChI is InChI=1S/C18H18ClN5O2/c1-26-17(25)14-4-2-12(3-5-14)13-8-10-23(11-9-13)16-7-6-15-20-21-18(19)24(15)22-16/h2-7,13H,8-11H2,1H3. The highest BCUT2D eigenvalue weighted by Crippen LogP contribution is 2.30. The monoisotopic (exact) mass is 371 g/mol. The second kappa shape index (κ2) is 6.92. The van der Waals surface area contributed by atoms with Gasteiger partial charge in [-0.05, 0) is 60.2 Å². The Bertz CT molecular complexity index is 932. The van der Waals surface area contributed by atoms with Gasteiger partial charge in [0, 0.05) is 13.1 Å². The Labute approximate surface area is 155 Å². The number of methoxy groups -OCH3 is 1. The maximum absolute atomic E-state index is 11.5. The molecular formula is C18H18ClN5O2. The summed E-state index contributed by atoms with van der Waals surface area (Å²) in [4.78, 5) is 13.8. The van der Waals surface area contributed by atoms with E-state index in [1.54, 1.807) is 4.52 Å². The molecule has 1 aliphatic heterocycles. The van der Waals surface area contributed by atoms with E-state index in [-0.39, 0.29) is 11.3 Å². The Balaban J connectivity index is 1.44. The lowest BCUT2D eigenvalue weighted by Crippen LogP contribution is -2.33. The van der Waals surface area contributed by atoms with Crippen LogP contribution in [0.2, 0.25) is 5.28 Å². The fourth-order valence-electron chi connectivity index (χ4n) is 3.37. The lowest BCUT2D eigenvalue weighted by atomic mass is 9.89. The van der Waals surface area contributed by atoms with Gasteiger partial charge in [0.25, 0.3) is 0 Å². The highest BCUT2D eigenvalue weighted by atomic mass is 35.5. The Kier molecular flexibility index (Phi) is 4.46. The molecule has 0 aliphatic carbocycles. The second-order valence-electron chi connectivity index (χ2n) is 6.31. The van der Waals surface area contributed by atoms with Gasteiger partial charge >= 0.3 is 5.97 Å². The van der Waals surface area contributed by atoms with Crippen molar-refractivity contribution in [3.05, 3.63) is 52.8 Å².